The smallest absolute Gasteiger partial charge is 0.339 e. The Hall–Kier alpha value is -2.92. The molecule has 0 spiro atoms. The van der Waals surface area contributed by atoms with Crippen LogP contribution in [0.15, 0.2) is 65.4 Å². The Morgan fingerprint density at radius 3 is 2.74 bits per heavy atom. The molecule has 0 saturated heterocycles. The largest absolute Gasteiger partial charge is 0.454 e. The van der Waals surface area contributed by atoms with Crippen LogP contribution < -0.4 is 0 Å². The molecule has 5 heteroatoms. The number of ether oxygens (including phenoxy) is 1. The van der Waals surface area contributed by atoms with Crippen LogP contribution in [0.2, 0.25) is 0 Å². The Morgan fingerprint density at radius 2 is 2.00 bits per heavy atom. The molecule has 27 heavy (non-hydrogen) atoms. The van der Waals surface area contributed by atoms with Gasteiger partial charge in [-0.15, -0.1) is 0 Å². The van der Waals surface area contributed by atoms with Crippen LogP contribution >= 0.6 is 11.3 Å². The summed E-state index contributed by atoms with van der Waals surface area (Å²) in [5.74, 6) is -0.394. The van der Waals surface area contributed by atoms with Crippen LogP contribution in [0.4, 0.5) is 0 Å². The number of carbonyl (C=O) groups is 2. The monoisotopic (exact) mass is 377 g/mol. The van der Waals surface area contributed by atoms with Gasteiger partial charge in [-0.2, -0.15) is 11.3 Å². The van der Waals surface area contributed by atoms with Crippen LogP contribution in [-0.2, 0) is 17.7 Å². The molecule has 2 aromatic carbocycles. The van der Waals surface area contributed by atoms with E-state index in [0.717, 1.165) is 16.7 Å². The van der Waals surface area contributed by atoms with E-state index in [0.29, 0.717) is 24.1 Å². The van der Waals surface area contributed by atoms with Crippen molar-refractivity contribution < 1.29 is 14.3 Å². The van der Waals surface area contributed by atoms with Gasteiger partial charge in [0.2, 0.25) is 0 Å². The number of thiophene rings is 1. The minimum atomic E-state index is -0.337. The van der Waals surface area contributed by atoms with Crippen LogP contribution in [0.25, 0.3) is 0 Å². The van der Waals surface area contributed by atoms with Gasteiger partial charge in [-0.05, 0) is 51.7 Å². The van der Waals surface area contributed by atoms with E-state index in [-0.39, 0.29) is 18.0 Å². The summed E-state index contributed by atoms with van der Waals surface area (Å²) in [5.41, 5.74) is 4.06. The zero-order chi connectivity index (χ0) is 18.8. The lowest BCUT2D eigenvalue weighted by Gasteiger charge is -2.26. The first kappa shape index (κ1) is 17.5. The molecule has 4 nitrogen and oxygen atoms in total. The predicted molar refractivity (Wildman–Crippen MR) is 105 cm³/mol. The van der Waals surface area contributed by atoms with Crippen LogP contribution in [0, 0.1) is 0 Å². The van der Waals surface area contributed by atoms with Crippen molar-refractivity contribution in [3.63, 3.8) is 0 Å². The van der Waals surface area contributed by atoms with Crippen molar-refractivity contribution in [2.45, 2.75) is 19.1 Å². The highest BCUT2D eigenvalue weighted by atomic mass is 32.1. The van der Waals surface area contributed by atoms with Crippen molar-refractivity contribution in [3.8, 4) is 0 Å². The Bertz CT molecular complexity index is 966. The van der Waals surface area contributed by atoms with Crippen LogP contribution in [-0.4, -0.2) is 23.8 Å². The van der Waals surface area contributed by atoms with Gasteiger partial charge in [0, 0.05) is 25.6 Å². The number of rotatable bonds is 4. The standard InChI is InChI=1S/C22H19NO3S/c1-23(13-15-9-10-27-14-15)21(24)17-7-8-19-18(11-17)12-20(26-22(19)25)16-5-3-2-4-6-16/h2-11,14,20H,12-13H2,1H3/t20-/m1/s1. The quantitative estimate of drug-likeness (QED) is 0.630. The maximum Gasteiger partial charge on any atom is 0.339 e. The van der Waals surface area contributed by atoms with Crippen LogP contribution in [0.3, 0.4) is 0 Å². The molecule has 1 atom stereocenters. The fourth-order valence-electron chi connectivity index (χ4n) is 3.33. The van der Waals surface area contributed by atoms with E-state index in [2.05, 4.69) is 0 Å². The van der Waals surface area contributed by atoms with Gasteiger partial charge in [0.15, 0.2) is 0 Å². The zero-order valence-electron chi connectivity index (χ0n) is 14.9. The summed E-state index contributed by atoms with van der Waals surface area (Å²) in [6.45, 7) is 0.564. The third kappa shape index (κ3) is 3.64. The second-order valence-electron chi connectivity index (χ2n) is 6.67. The summed E-state index contributed by atoms with van der Waals surface area (Å²) in [5, 5.41) is 4.04. The molecule has 2 heterocycles. The van der Waals surface area contributed by atoms with Crippen molar-refractivity contribution >= 4 is 23.2 Å². The first-order valence-corrected chi connectivity index (χ1v) is 9.71. The number of benzene rings is 2. The Kier molecular flexibility index (Phi) is 4.77. The van der Waals surface area contributed by atoms with Gasteiger partial charge in [0.05, 0.1) is 5.56 Å². The van der Waals surface area contributed by atoms with Crippen LogP contribution in [0.1, 0.15) is 43.5 Å². The SMILES string of the molecule is CN(Cc1ccsc1)C(=O)c1ccc2c(c1)C[C@H](c1ccccc1)OC2=O. The molecule has 0 radical (unpaired) electrons. The Balaban J connectivity index is 1.57. The van der Waals surface area contributed by atoms with Crippen molar-refractivity contribution in [2.24, 2.45) is 0 Å². The van der Waals surface area contributed by atoms with E-state index in [1.165, 1.54) is 0 Å². The maximum absolute atomic E-state index is 12.8. The van der Waals surface area contributed by atoms with Crippen LogP contribution in [0.5, 0.6) is 0 Å². The molecule has 136 valence electrons. The molecule has 0 unspecified atom stereocenters. The molecule has 1 aromatic heterocycles. The molecule has 0 bridgehead atoms. The predicted octanol–water partition coefficient (Wildman–Crippen LogP) is 4.47. The molecule has 4 rings (SSSR count). The molecule has 0 N–H and O–H groups in total. The average Bonchev–Trinajstić information content (AvgIpc) is 3.20. The van der Waals surface area contributed by atoms with Gasteiger partial charge in [-0.1, -0.05) is 30.3 Å². The van der Waals surface area contributed by atoms with Crippen molar-refractivity contribution in [1.82, 2.24) is 4.90 Å². The first-order valence-electron chi connectivity index (χ1n) is 8.77. The molecular weight excluding hydrogens is 358 g/mol. The number of amides is 1. The average molecular weight is 377 g/mol. The van der Waals surface area contributed by atoms with Gasteiger partial charge in [0.25, 0.3) is 5.91 Å². The summed E-state index contributed by atoms with van der Waals surface area (Å²) < 4.78 is 5.58. The van der Waals surface area contributed by atoms with E-state index < -0.39 is 0 Å². The third-order valence-electron chi connectivity index (χ3n) is 4.74. The summed E-state index contributed by atoms with van der Waals surface area (Å²) in [7, 11) is 1.79. The molecule has 1 amide bonds. The van der Waals surface area contributed by atoms with Crippen molar-refractivity contribution in [1.29, 1.82) is 0 Å². The van der Waals surface area contributed by atoms with E-state index in [1.54, 1.807) is 35.4 Å². The molecule has 0 saturated carbocycles. The highest BCUT2D eigenvalue weighted by molar-refractivity contribution is 7.07. The summed E-state index contributed by atoms with van der Waals surface area (Å²) in [4.78, 5) is 26.9. The second kappa shape index (κ2) is 7.37. The topological polar surface area (TPSA) is 46.6 Å². The lowest BCUT2D eigenvalue weighted by Crippen LogP contribution is -2.27. The van der Waals surface area contributed by atoms with Gasteiger partial charge < -0.3 is 9.64 Å². The number of esters is 1. The van der Waals surface area contributed by atoms with Crippen molar-refractivity contribution in [3.05, 3.63) is 93.2 Å². The molecule has 3 aromatic rings. The number of nitrogens with zero attached hydrogens (tertiary/aromatic N) is 1. The zero-order valence-corrected chi connectivity index (χ0v) is 15.7. The molecule has 1 aliphatic heterocycles. The Morgan fingerprint density at radius 1 is 1.19 bits per heavy atom. The molecule has 0 fully saturated rings. The fraction of sp³-hybridized carbons (Fsp3) is 0.182. The number of hydrogen-bond acceptors (Lipinski definition) is 4. The van der Waals surface area contributed by atoms with Crippen molar-refractivity contribution in [2.75, 3.05) is 7.05 Å². The lowest BCUT2D eigenvalue weighted by atomic mass is 9.93. The minimum Gasteiger partial charge on any atom is -0.454 e. The maximum atomic E-state index is 12.8. The molecule has 1 aliphatic rings. The van der Waals surface area contributed by atoms with E-state index in [9.17, 15) is 9.59 Å². The number of cyclic esters (lactones) is 1. The van der Waals surface area contributed by atoms with Gasteiger partial charge in [0.1, 0.15) is 6.10 Å². The second-order valence-corrected chi connectivity index (χ2v) is 7.45. The lowest BCUT2D eigenvalue weighted by molar-refractivity contribution is 0.0252. The summed E-state index contributed by atoms with van der Waals surface area (Å²) >= 11 is 1.62. The Labute approximate surface area is 162 Å². The first-order chi connectivity index (χ1) is 13.1. The van der Waals surface area contributed by atoms with Gasteiger partial charge >= 0.3 is 5.97 Å². The highest BCUT2D eigenvalue weighted by Crippen LogP contribution is 2.31. The fourth-order valence-corrected chi connectivity index (χ4v) is 3.99. The van der Waals surface area contributed by atoms with E-state index in [4.69, 9.17) is 4.74 Å². The highest BCUT2D eigenvalue weighted by Gasteiger charge is 2.28. The number of fused-ring (bicyclic) bond motifs is 1. The number of carbonyl (C=O) groups excluding carboxylic acids is 2. The molecule has 0 aliphatic carbocycles. The molecular formula is C22H19NO3S. The normalized spacial score (nSPS) is 15.7. The summed E-state index contributed by atoms with van der Waals surface area (Å²) in [6, 6.07) is 16.9. The minimum absolute atomic E-state index is 0.0563. The third-order valence-corrected chi connectivity index (χ3v) is 5.48. The van der Waals surface area contributed by atoms with Gasteiger partial charge in [-0.25, -0.2) is 4.79 Å². The van der Waals surface area contributed by atoms with Gasteiger partial charge in [-0.3, -0.25) is 4.79 Å². The summed E-state index contributed by atoms with van der Waals surface area (Å²) in [6.07, 6.45) is 0.251. The van der Waals surface area contributed by atoms with E-state index in [1.807, 2.05) is 53.2 Å². The number of hydrogen-bond donors (Lipinski definition) is 0. The van der Waals surface area contributed by atoms with E-state index >= 15 is 0 Å².